The molecule has 2 aromatic rings. The van der Waals surface area contributed by atoms with Gasteiger partial charge in [-0.1, -0.05) is 13.0 Å². The van der Waals surface area contributed by atoms with Gasteiger partial charge in [0, 0.05) is 29.6 Å². The Morgan fingerprint density at radius 3 is 2.63 bits per heavy atom. The molecule has 4 nitrogen and oxygen atoms in total. The van der Waals surface area contributed by atoms with Crippen molar-refractivity contribution >= 4 is 0 Å². The summed E-state index contributed by atoms with van der Waals surface area (Å²) in [6, 6.07) is 4.57. The van der Waals surface area contributed by atoms with Gasteiger partial charge in [0.25, 0.3) is 0 Å². The molecular formula is C14H16FN3O. The van der Waals surface area contributed by atoms with Gasteiger partial charge in [0.05, 0.1) is 13.2 Å². The highest BCUT2D eigenvalue weighted by atomic mass is 19.1. The van der Waals surface area contributed by atoms with E-state index in [1.165, 1.54) is 19.5 Å². The number of nitrogens with zero attached hydrogens (tertiary/aromatic N) is 2. The van der Waals surface area contributed by atoms with Crippen molar-refractivity contribution in [2.45, 2.75) is 13.0 Å². The molecule has 0 fully saturated rings. The van der Waals surface area contributed by atoms with Gasteiger partial charge in [0.1, 0.15) is 17.9 Å². The van der Waals surface area contributed by atoms with Crippen LogP contribution in [0, 0.1) is 5.82 Å². The fourth-order valence-electron chi connectivity index (χ4n) is 1.94. The summed E-state index contributed by atoms with van der Waals surface area (Å²) in [6.45, 7) is 2.68. The van der Waals surface area contributed by atoms with Crippen LogP contribution >= 0.6 is 0 Å². The Morgan fingerprint density at radius 1 is 1.32 bits per heavy atom. The lowest BCUT2D eigenvalue weighted by molar-refractivity contribution is 0.410. The molecule has 0 saturated heterocycles. The second-order valence-corrected chi connectivity index (χ2v) is 4.05. The predicted octanol–water partition coefficient (Wildman–Crippen LogP) is 2.32. The van der Waals surface area contributed by atoms with Crippen LogP contribution in [-0.4, -0.2) is 23.6 Å². The average molecular weight is 261 g/mol. The van der Waals surface area contributed by atoms with Crippen LogP contribution in [0.5, 0.6) is 5.75 Å². The molecule has 1 unspecified atom stereocenters. The third-order valence-corrected chi connectivity index (χ3v) is 2.84. The molecule has 0 bridgehead atoms. The van der Waals surface area contributed by atoms with Crippen molar-refractivity contribution in [3.05, 3.63) is 53.9 Å². The van der Waals surface area contributed by atoms with Crippen LogP contribution in [0.25, 0.3) is 0 Å². The van der Waals surface area contributed by atoms with Crippen molar-refractivity contribution in [3.8, 4) is 5.75 Å². The summed E-state index contributed by atoms with van der Waals surface area (Å²) in [5.74, 6) is 0.190. The van der Waals surface area contributed by atoms with Crippen LogP contribution in [0.1, 0.15) is 24.1 Å². The van der Waals surface area contributed by atoms with E-state index in [2.05, 4.69) is 15.3 Å². The fourth-order valence-corrected chi connectivity index (χ4v) is 1.94. The molecule has 1 heterocycles. The largest absolute Gasteiger partial charge is 0.497 e. The molecule has 1 aromatic heterocycles. The van der Waals surface area contributed by atoms with Gasteiger partial charge in [-0.2, -0.15) is 0 Å². The first-order valence-electron chi connectivity index (χ1n) is 6.08. The number of rotatable bonds is 5. The second kappa shape index (κ2) is 6.24. The molecule has 0 aliphatic carbocycles. The minimum Gasteiger partial charge on any atom is -0.497 e. The number of hydrogen-bond donors (Lipinski definition) is 1. The zero-order chi connectivity index (χ0) is 13.7. The SMILES string of the molecule is CCNC(c1cncnc1)c1ccc(OC)cc1F. The number of benzene rings is 1. The number of halogens is 1. The topological polar surface area (TPSA) is 47.0 Å². The standard InChI is InChI=1S/C14H16FN3O/c1-3-18-14(10-7-16-9-17-8-10)12-5-4-11(19-2)6-13(12)15/h4-9,14,18H,3H2,1-2H3. The van der Waals surface area contributed by atoms with Crippen LogP contribution < -0.4 is 10.1 Å². The molecular weight excluding hydrogens is 245 g/mol. The molecule has 100 valence electrons. The summed E-state index contributed by atoms with van der Waals surface area (Å²) in [5.41, 5.74) is 1.38. The van der Waals surface area contributed by atoms with Crippen molar-refractivity contribution in [3.63, 3.8) is 0 Å². The fraction of sp³-hybridized carbons (Fsp3) is 0.286. The Morgan fingerprint density at radius 2 is 2.05 bits per heavy atom. The smallest absolute Gasteiger partial charge is 0.132 e. The maximum atomic E-state index is 14.1. The zero-order valence-electron chi connectivity index (χ0n) is 10.9. The Bertz CT molecular complexity index is 533. The minimum atomic E-state index is -0.311. The van der Waals surface area contributed by atoms with Crippen molar-refractivity contribution in [1.29, 1.82) is 0 Å². The summed E-state index contributed by atoms with van der Waals surface area (Å²) in [7, 11) is 1.52. The first-order valence-corrected chi connectivity index (χ1v) is 6.08. The van der Waals surface area contributed by atoms with Gasteiger partial charge in [0.15, 0.2) is 0 Å². The zero-order valence-corrected chi connectivity index (χ0v) is 10.9. The van der Waals surface area contributed by atoms with E-state index in [0.29, 0.717) is 17.9 Å². The molecule has 2 rings (SSSR count). The number of methoxy groups -OCH3 is 1. The Hall–Kier alpha value is -2.01. The number of aromatic nitrogens is 2. The van der Waals surface area contributed by atoms with Crippen LogP contribution in [0.4, 0.5) is 4.39 Å². The van der Waals surface area contributed by atoms with E-state index < -0.39 is 0 Å². The molecule has 0 amide bonds. The van der Waals surface area contributed by atoms with E-state index in [4.69, 9.17) is 4.74 Å². The molecule has 5 heteroatoms. The molecule has 0 aliphatic heterocycles. The molecule has 1 N–H and O–H groups in total. The van der Waals surface area contributed by atoms with E-state index in [0.717, 1.165) is 5.56 Å². The van der Waals surface area contributed by atoms with E-state index in [9.17, 15) is 4.39 Å². The van der Waals surface area contributed by atoms with Crippen molar-refractivity contribution in [2.75, 3.05) is 13.7 Å². The van der Waals surface area contributed by atoms with Gasteiger partial charge in [-0.15, -0.1) is 0 Å². The lowest BCUT2D eigenvalue weighted by Gasteiger charge is -2.19. The highest BCUT2D eigenvalue weighted by molar-refractivity contribution is 5.35. The average Bonchev–Trinajstić information content (AvgIpc) is 2.46. The molecule has 1 atom stereocenters. The molecule has 0 radical (unpaired) electrons. The van der Waals surface area contributed by atoms with Crippen LogP contribution in [0.3, 0.4) is 0 Å². The molecule has 19 heavy (non-hydrogen) atoms. The number of nitrogens with one attached hydrogen (secondary N) is 1. The molecule has 1 aromatic carbocycles. The highest BCUT2D eigenvalue weighted by Gasteiger charge is 2.17. The number of hydrogen-bond acceptors (Lipinski definition) is 4. The van der Waals surface area contributed by atoms with Crippen LogP contribution in [0.2, 0.25) is 0 Å². The second-order valence-electron chi connectivity index (χ2n) is 4.05. The van der Waals surface area contributed by atoms with E-state index in [1.54, 1.807) is 24.5 Å². The van der Waals surface area contributed by atoms with Gasteiger partial charge >= 0.3 is 0 Å². The van der Waals surface area contributed by atoms with Crippen molar-refractivity contribution in [2.24, 2.45) is 0 Å². The van der Waals surface area contributed by atoms with Crippen molar-refractivity contribution < 1.29 is 9.13 Å². The van der Waals surface area contributed by atoms with Crippen molar-refractivity contribution in [1.82, 2.24) is 15.3 Å². The summed E-state index contributed by atoms with van der Waals surface area (Å²) in [6.07, 6.45) is 4.82. The summed E-state index contributed by atoms with van der Waals surface area (Å²) < 4.78 is 19.1. The lowest BCUT2D eigenvalue weighted by Crippen LogP contribution is -2.23. The van der Waals surface area contributed by atoms with E-state index in [-0.39, 0.29) is 11.9 Å². The minimum absolute atomic E-state index is 0.267. The quantitative estimate of drug-likeness (QED) is 0.897. The van der Waals surface area contributed by atoms with Gasteiger partial charge in [-0.05, 0) is 12.6 Å². The first-order chi connectivity index (χ1) is 9.26. The van der Waals surface area contributed by atoms with E-state index in [1.807, 2.05) is 6.92 Å². The predicted molar refractivity (Wildman–Crippen MR) is 70.5 cm³/mol. The summed E-state index contributed by atoms with van der Waals surface area (Å²) in [4.78, 5) is 7.96. The maximum absolute atomic E-state index is 14.1. The Labute approximate surface area is 111 Å². The Kier molecular flexibility index (Phi) is 4.41. The van der Waals surface area contributed by atoms with Gasteiger partial charge in [-0.25, -0.2) is 14.4 Å². The first kappa shape index (κ1) is 13.4. The van der Waals surface area contributed by atoms with Crippen LogP contribution in [-0.2, 0) is 0 Å². The molecule has 0 spiro atoms. The third kappa shape index (κ3) is 3.06. The normalized spacial score (nSPS) is 12.2. The third-order valence-electron chi connectivity index (χ3n) is 2.84. The van der Waals surface area contributed by atoms with Gasteiger partial charge in [-0.3, -0.25) is 0 Å². The van der Waals surface area contributed by atoms with Gasteiger partial charge < -0.3 is 10.1 Å². The van der Waals surface area contributed by atoms with E-state index >= 15 is 0 Å². The number of ether oxygens (including phenoxy) is 1. The lowest BCUT2D eigenvalue weighted by atomic mass is 10.0. The monoisotopic (exact) mass is 261 g/mol. The summed E-state index contributed by atoms with van der Waals surface area (Å²) >= 11 is 0. The maximum Gasteiger partial charge on any atom is 0.132 e. The summed E-state index contributed by atoms with van der Waals surface area (Å²) in [5, 5.41) is 3.23. The Balaban J connectivity index is 2.39. The molecule has 0 saturated carbocycles. The molecule has 0 aliphatic rings. The highest BCUT2D eigenvalue weighted by Crippen LogP contribution is 2.26. The van der Waals surface area contributed by atoms with Gasteiger partial charge in [0.2, 0.25) is 0 Å². The van der Waals surface area contributed by atoms with Crippen LogP contribution in [0.15, 0.2) is 36.9 Å².